The Kier molecular flexibility index (Phi) is 5.41. The summed E-state index contributed by atoms with van der Waals surface area (Å²) in [5.74, 6) is -4.93. The highest BCUT2D eigenvalue weighted by Crippen LogP contribution is 2.18. The van der Waals surface area contributed by atoms with Gasteiger partial charge in [-0.1, -0.05) is 6.07 Å². The van der Waals surface area contributed by atoms with Crippen LogP contribution in [0, 0.1) is 17.6 Å². The predicted octanol–water partition coefficient (Wildman–Crippen LogP) is 2.94. The van der Waals surface area contributed by atoms with Gasteiger partial charge in [0.2, 0.25) is 0 Å². The smallest absolute Gasteiger partial charge is 0.307 e. The lowest BCUT2D eigenvalue weighted by atomic mass is 9.96. The standard InChI is InChI=1S/C15H18F2O4/c1-15(2,3)21-13(18)8-10(14(19)20)6-9-4-5-11(16)12(17)7-9/h4-5,7,10H,6,8H2,1-3H3,(H,19,20)/t10-/m1/s1. The van der Waals surface area contributed by atoms with Crippen LogP contribution >= 0.6 is 0 Å². The fraction of sp³-hybridized carbons (Fsp3) is 0.467. The molecule has 6 heteroatoms. The molecule has 0 bridgehead atoms. The van der Waals surface area contributed by atoms with Gasteiger partial charge in [-0.2, -0.15) is 0 Å². The number of benzene rings is 1. The zero-order valence-corrected chi connectivity index (χ0v) is 12.2. The molecule has 0 amide bonds. The molecule has 0 heterocycles. The van der Waals surface area contributed by atoms with Crippen molar-refractivity contribution in [2.75, 3.05) is 0 Å². The van der Waals surface area contributed by atoms with E-state index in [2.05, 4.69) is 0 Å². The van der Waals surface area contributed by atoms with Gasteiger partial charge in [-0.3, -0.25) is 9.59 Å². The third-order valence-corrected chi connectivity index (χ3v) is 2.65. The maximum atomic E-state index is 13.1. The highest BCUT2D eigenvalue weighted by Gasteiger charge is 2.25. The van der Waals surface area contributed by atoms with E-state index in [-0.39, 0.29) is 12.8 Å². The van der Waals surface area contributed by atoms with Gasteiger partial charge in [0.1, 0.15) is 5.60 Å². The molecule has 1 aromatic carbocycles. The van der Waals surface area contributed by atoms with Gasteiger partial charge >= 0.3 is 11.9 Å². The van der Waals surface area contributed by atoms with Crippen LogP contribution in [0.3, 0.4) is 0 Å². The summed E-state index contributed by atoms with van der Waals surface area (Å²) in [5, 5.41) is 9.13. The maximum absolute atomic E-state index is 13.1. The number of rotatable bonds is 5. The monoisotopic (exact) mass is 300 g/mol. The summed E-state index contributed by atoms with van der Waals surface area (Å²) in [6.45, 7) is 5.03. The number of carbonyl (C=O) groups is 2. The first-order valence-corrected chi connectivity index (χ1v) is 6.47. The highest BCUT2D eigenvalue weighted by atomic mass is 19.2. The van der Waals surface area contributed by atoms with Gasteiger partial charge in [0, 0.05) is 0 Å². The summed E-state index contributed by atoms with van der Waals surface area (Å²) < 4.78 is 31.0. The van der Waals surface area contributed by atoms with E-state index in [4.69, 9.17) is 9.84 Å². The largest absolute Gasteiger partial charge is 0.481 e. The molecule has 0 spiro atoms. The van der Waals surface area contributed by atoms with Crippen LogP contribution in [-0.4, -0.2) is 22.6 Å². The summed E-state index contributed by atoms with van der Waals surface area (Å²) in [6.07, 6.45) is -0.405. The Hall–Kier alpha value is -1.98. The molecule has 0 radical (unpaired) electrons. The number of carboxylic acid groups (broad SMARTS) is 1. The van der Waals surface area contributed by atoms with E-state index in [9.17, 15) is 18.4 Å². The number of aliphatic carboxylic acids is 1. The number of carbonyl (C=O) groups excluding carboxylic acids is 1. The molecule has 0 unspecified atom stereocenters. The Morgan fingerprint density at radius 2 is 1.86 bits per heavy atom. The predicted molar refractivity (Wildman–Crippen MR) is 71.6 cm³/mol. The summed E-state index contributed by atoms with van der Waals surface area (Å²) in [7, 11) is 0. The lowest BCUT2D eigenvalue weighted by molar-refractivity contribution is -0.159. The van der Waals surface area contributed by atoms with Gasteiger partial charge in [-0.15, -0.1) is 0 Å². The molecule has 1 N–H and O–H groups in total. The van der Waals surface area contributed by atoms with Crippen LogP contribution in [0.25, 0.3) is 0 Å². The quantitative estimate of drug-likeness (QED) is 0.849. The third-order valence-electron chi connectivity index (χ3n) is 2.65. The molecule has 1 aromatic rings. The molecule has 0 saturated carbocycles. The summed E-state index contributed by atoms with van der Waals surface area (Å²) in [6, 6.07) is 3.15. The number of hydrogen-bond donors (Lipinski definition) is 1. The molecular weight excluding hydrogens is 282 g/mol. The first-order chi connectivity index (χ1) is 9.58. The van der Waals surface area contributed by atoms with Crippen molar-refractivity contribution < 1.29 is 28.2 Å². The van der Waals surface area contributed by atoms with Gasteiger partial charge in [-0.25, -0.2) is 8.78 Å². The third kappa shape index (κ3) is 5.89. The van der Waals surface area contributed by atoms with Crippen LogP contribution in [0.5, 0.6) is 0 Å². The SMILES string of the molecule is CC(C)(C)OC(=O)C[C@@H](Cc1ccc(F)c(F)c1)C(=O)O. The summed E-state index contributed by atoms with van der Waals surface area (Å²) in [5.41, 5.74) is -0.396. The zero-order valence-electron chi connectivity index (χ0n) is 12.2. The minimum absolute atomic E-state index is 0.0776. The Morgan fingerprint density at radius 3 is 2.33 bits per heavy atom. The number of ether oxygens (including phenoxy) is 1. The molecule has 21 heavy (non-hydrogen) atoms. The van der Waals surface area contributed by atoms with E-state index in [1.165, 1.54) is 6.07 Å². The minimum Gasteiger partial charge on any atom is -0.481 e. The normalized spacial score (nSPS) is 12.8. The fourth-order valence-corrected chi connectivity index (χ4v) is 1.78. The van der Waals surface area contributed by atoms with E-state index >= 15 is 0 Å². The first-order valence-electron chi connectivity index (χ1n) is 6.47. The Morgan fingerprint density at radius 1 is 1.24 bits per heavy atom. The van der Waals surface area contributed by atoms with E-state index in [1.54, 1.807) is 20.8 Å². The molecule has 116 valence electrons. The van der Waals surface area contributed by atoms with Crippen molar-refractivity contribution in [3.05, 3.63) is 35.4 Å². The van der Waals surface area contributed by atoms with Crippen molar-refractivity contribution in [1.82, 2.24) is 0 Å². The number of hydrogen-bond acceptors (Lipinski definition) is 3. The number of carboxylic acids is 1. The molecule has 0 aromatic heterocycles. The van der Waals surface area contributed by atoms with E-state index in [0.29, 0.717) is 5.56 Å². The van der Waals surface area contributed by atoms with Crippen molar-refractivity contribution in [3.8, 4) is 0 Å². The van der Waals surface area contributed by atoms with E-state index < -0.39 is 35.1 Å². The Balaban J connectivity index is 2.76. The number of esters is 1. The van der Waals surface area contributed by atoms with Crippen molar-refractivity contribution in [3.63, 3.8) is 0 Å². The van der Waals surface area contributed by atoms with Gasteiger partial charge in [0.15, 0.2) is 11.6 Å². The van der Waals surface area contributed by atoms with E-state index in [1.807, 2.05) is 0 Å². The van der Waals surface area contributed by atoms with Crippen LogP contribution in [-0.2, 0) is 20.7 Å². The second-order valence-electron chi connectivity index (χ2n) is 5.78. The molecule has 0 fully saturated rings. The van der Waals surface area contributed by atoms with Crippen LogP contribution in [0.4, 0.5) is 8.78 Å². The van der Waals surface area contributed by atoms with Crippen LogP contribution in [0.2, 0.25) is 0 Å². The highest BCUT2D eigenvalue weighted by molar-refractivity contribution is 5.79. The lowest BCUT2D eigenvalue weighted by Crippen LogP contribution is -2.28. The summed E-state index contributed by atoms with van der Waals surface area (Å²) >= 11 is 0. The molecule has 1 atom stereocenters. The van der Waals surface area contributed by atoms with Crippen molar-refractivity contribution in [2.45, 2.75) is 39.2 Å². The fourth-order valence-electron chi connectivity index (χ4n) is 1.78. The molecule has 0 aliphatic carbocycles. The van der Waals surface area contributed by atoms with Crippen molar-refractivity contribution >= 4 is 11.9 Å². The Labute approximate surface area is 121 Å². The van der Waals surface area contributed by atoms with Crippen LogP contribution in [0.15, 0.2) is 18.2 Å². The minimum atomic E-state index is -1.19. The molecule has 0 aliphatic rings. The number of halogens is 2. The molecule has 0 saturated heterocycles. The Bertz CT molecular complexity index is 535. The molecule has 4 nitrogen and oxygen atoms in total. The van der Waals surface area contributed by atoms with Gasteiger partial charge < -0.3 is 9.84 Å². The zero-order chi connectivity index (χ0) is 16.2. The van der Waals surface area contributed by atoms with Crippen LogP contribution in [0.1, 0.15) is 32.8 Å². The van der Waals surface area contributed by atoms with Crippen molar-refractivity contribution in [1.29, 1.82) is 0 Å². The second-order valence-corrected chi connectivity index (χ2v) is 5.78. The van der Waals surface area contributed by atoms with Crippen molar-refractivity contribution in [2.24, 2.45) is 5.92 Å². The van der Waals surface area contributed by atoms with Gasteiger partial charge in [0.05, 0.1) is 12.3 Å². The topological polar surface area (TPSA) is 63.6 Å². The maximum Gasteiger partial charge on any atom is 0.307 e. The first kappa shape index (κ1) is 17.1. The van der Waals surface area contributed by atoms with Gasteiger partial charge in [-0.05, 0) is 44.9 Å². The van der Waals surface area contributed by atoms with Crippen LogP contribution < -0.4 is 0 Å². The molecular formula is C15H18F2O4. The second kappa shape index (κ2) is 6.65. The average molecular weight is 300 g/mol. The lowest BCUT2D eigenvalue weighted by Gasteiger charge is -2.21. The molecule has 1 rings (SSSR count). The average Bonchev–Trinajstić information content (AvgIpc) is 2.30. The molecule has 0 aliphatic heterocycles. The van der Waals surface area contributed by atoms with E-state index in [0.717, 1.165) is 12.1 Å². The van der Waals surface area contributed by atoms with Gasteiger partial charge in [0.25, 0.3) is 0 Å². The summed E-state index contributed by atoms with van der Waals surface area (Å²) in [4.78, 5) is 22.8.